The number of fused-ring (bicyclic) bond motifs is 1. The van der Waals surface area contributed by atoms with Crippen LogP contribution in [-0.4, -0.2) is 23.2 Å². The number of rotatable bonds is 4. The predicted molar refractivity (Wildman–Crippen MR) is 65.2 cm³/mol. The van der Waals surface area contributed by atoms with Crippen molar-refractivity contribution in [1.29, 1.82) is 5.26 Å². The number of hydrogen-bond donors (Lipinski definition) is 2. The summed E-state index contributed by atoms with van der Waals surface area (Å²) in [6.07, 6.45) is 3.47. The molecule has 0 saturated carbocycles. The van der Waals surface area contributed by atoms with Crippen LogP contribution in [0, 0.1) is 11.3 Å². The Morgan fingerprint density at radius 3 is 2.94 bits per heavy atom. The van der Waals surface area contributed by atoms with E-state index >= 15 is 0 Å². The zero-order chi connectivity index (χ0) is 12.1. The topological polar surface area (TPSA) is 68.9 Å². The Hall–Kier alpha value is -1.96. The normalized spacial score (nSPS) is 12.2. The van der Waals surface area contributed by atoms with E-state index in [1.54, 1.807) is 12.4 Å². The Labute approximate surface area is 99.5 Å². The van der Waals surface area contributed by atoms with Gasteiger partial charge in [-0.2, -0.15) is 5.26 Å². The molecule has 4 heteroatoms. The molecule has 0 amide bonds. The summed E-state index contributed by atoms with van der Waals surface area (Å²) in [4.78, 5) is 4.14. The lowest BCUT2D eigenvalue weighted by molar-refractivity contribution is 0.289. The summed E-state index contributed by atoms with van der Waals surface area (Å²) in [6, 6.07) is 9.55. The fourth-order valence-corrected chi connectivity index (χ4v) is 1.80. The third-order valence-electron chi connectivity index (χ3n) is 2.60. The number of pyridine rings is 1. The van der Waals surface area contributed by atoms with Crippen molar-refractivity contribution >= 4 is 10.8 Å². The molecule has 1 aromatic carbocycles. The highest BCUT2D eigenvalue weighted by atomic mass is 16.3. The minimum absolute atomic E-state index is 0.0103. The van der Waals surface area contributed by atoms with Gasteiger partial charge in [0.05, 0.1) is 12.7 Å². The lowest BCUT2D eigenvalue weighted by Crippen LogP contribution is -2.23. The largest absolute Gasteiger partial charge is 0.395 e. The van der Waals surface area contributed by atoms with Gasteiger partial charge >= 0.3 is 0 Å². The van der Waals surface area contributed by atoms with Gasteiger partial charge in [-0.15, -0.1) is 0 Å². The quantitative estimate of drug-likeness (QED) is 0.828. The number of hydrogen-bond acceptors (Lipinski definition) is 4. The molecule has 86 valence electrons. The van der Waals surface area contributed by atoms with E-state index in [0.29, 0.717) is 6.54 Å². The van der Waals surface area contributed by atoms with Crippen molar-refractivity contribution in [2.45, 2.75) is 6.04 Å². The van der Waals surface area contributed by atoms with Gasteiger partial charge in [-0.1, -0.05) is 24.3 Å². The van der Waals surface area contributed by atoms with Crippen LogP contribution in [0.2, 0.25) is 0 Å². The Morgan fingerprint density at radius 2 is 2.18 bits per heavy atom. The van der Waals surface area contributed by atoms with Crippen LogP contribution < -0.4 is 5.32 Å². The third-order valence-corrected chi connectivity index (χ3v) is 2.60. The summed E-state index contributed by atoms with van der Waals surface area (Å²) in [5.41, 5.74) is 0.846. The molecule has 1 heterocycles. The molecule has 0 aliphatic rings. The van der Waals surface area contributed by atoms with E-state index in [9.17, 15) is 0 Å². The van der Waals surface area contributed by atoms with Gasteiger partial charge in [0.15, 0.2) is 0 Å². The smallest absolute Gasteiger partial charge is 0.123 e. The average Bonchev–Trinajstić information content (AvgIpc) is 2.40. The van der Waals surface area contributed by atoms with Crippen LogP contribution in [0.5, 0.6) is 0 Å². The Balaban J connectivity index is 2.43. The number of benzene rings is 1. The van der Waals surface area contributed by atoms with Gasteiger partial charge in [-0.3, -0.25) is 10.3 Å². The van der Waals surface area contributed by atoms with Crippen LogP contribution in [-0.2, 0) is 0 Å². The lowest BCUT2D eigenvalue weighted by atomic mass is 10.0. The number of nitrogens with one attached hydrogen (secondary N) is 1. The SMILES string of the molecule is N#CC(NCCO)c1cncc2ccccc12. The minimum Gasteiger partial charge on any atom is -0.395 e. The van der Waals surface area contributed by atoms with Gasteiger partial charge in [0.1, 0.15) is 6.04 Å². The van der Waals surface area contributed by atoms with E-state index < -0.39 is 6.04 Å². The summed E-state index contributed by atoms with van der Waals surface area (Å²) in [5, 5.41) is 22.9. The van der Waals surface area contributed by atoms with Crippen LogP contribution in [0.1, 0.15) is 11.6 Å². The first-order valence-corrected chi connectivity index (χ1v) is 5.43. The molecule has 0 saturated heterocycles. The fraction of sp³-hybridized carbons (Fsp3) is 0.231. The molecule has 0 aliphatic heterocycles. The molecule has 0 spiro atoms. The first-order chi connectivity index (χ1) is 8.36. The van der Waals surface area contributed by atoms with Crippen LogP contribution in [0.25, 0.3) is 10.8 Å². The third kappa shape index (κ3) is 2.41. The molecule has 2 aromatic rings. The summed E-state index contributed by atoms with van der Waals surface area (Å²) >= 11 is 0. The Bertz CT molecular complexity index is 542. The zero-order valence-electron chi connectivity index (χ0n) is 9.30. The first-order valence-electron chi connectivity index (χ1n) is 5.43. The molecular formula is C13H13N3O. The van der Waals surface area contributed by atoms with Gasteiger partial charge in [-0.05, 0) is 5.39 Å². The van der Waals surface area contributed by atoms with Gasteiger partial charge in [0.2, 0.25) is 0 Å². The second kappa shape index (κ2) is 5.39. The monoisotopic (exact) mass is 227 g/mol. The second-order valence-corrected chi connectivity index (χ2v) is 3.69. The summed E-state index contributed by atoms with van der Waals surface area (Å²) < 4.78 is 0. The summed E-state index contributed by atoms with van der Waals surface area (Å²) in [6.45, 7) is 0.401. The molecule has 17 heavy (non-hydrogen) atoms. The maximum Gasteiger partial charge on any atom is 0.123 e. The Kier molecular flexibility index (Phi) is 3.66. The van der Waals surface area contributed by atoms with Crippen LogP contribution in [0.15, 0.2) is 36.7 Å². The van der Waals surface area contributed by atoms with E-state index in [-0.39, 0.29) is 6.61 Å². The summed E-state index contributed by atoms with van der Waals surface area (Å²) in [7, 11) is 0. The molecule has 0 radical (unpaired) electrons. The van der Waals surface area contributed by atoms with Crippen molar-refractivity contribution in [3.8, 4) is 6.07 Å². The van der Waals surface area contributed by atoms with E-state index in [2.05, 4.69) is 16.4 Å². The number of aliphatic hydroxyl groups is 1. The standard InChI is InChI=1S/C13H13N3O/c14-7-13(16-5-6-17)12-9-15-8-10-3-1-2-4-11(10)12/h1-4,8-9,13,16-17H,5-6H2. The first kappa shape index (κ1) is 11.5. The fourth-order valence-electron chi connectivity index (χ4n) is 1.80. The Morgan fingerprint density at radius 1 is 1.35 bits per heavy atom. The van der Waals surface area contributed by atoms with Gasteiger partial charge in [0, 0.05) is 29.9 Å². The number of nitriles is 1. The van der Waals surface area contributed by atoms with E-state index in [1.807, 2.05) is 24.3 Å². The molecule has 2 rings (SSSR count). The van der Waals surface area contributed by atoms with Crippen LogP contribution in [0.3, 0.4) is 0 Å². The molecule has 1 unspecified atom stereocenters. The van der Waals surface area contributed by atoms with Crippen molar-refractivity contribution in [1.82, 2.24) is 10.3 Å². The number of nitrogens with zero attached hydrogens (tertiary/aromatic N) is 2. The zero-order valence-corrected chi connectivity index (χ0v) is 9.30. The van der Waals surface area contributed by atoms with E-state index in [0.717, 1.165) is 16.3 Å². The van der Waals surface area contributed by atoms with Crippen molar-refractivity contribution in [3.63, 3.8) is 0 Å². The molecule has 1 atom stereocenters. The van der Waals surface area contributed by atoms with Crippen LogP contribution in [0.4, 0.5) is 0 Å². The van der Waals surface area contributed by atoms with E-state index in [1.165, 1.54) is 0 Å². The molecule has 0 aliphatic carbocycles. The predicted octanol–water partition coefficient (Wildman–Crippen LogP) is 1.38. The number of aliphatic hydroxyl groups excluding tert-OH is 1. The van der Waals surface area contributed by atoms with Gasteiger partial charge in [0.25, 0.3) is 0 Å². The maximum atomic E-state index is 9.14. The maximum absolute atomic E-state index is 9.14. The molecular weight excluding hydrogens is 214 g/mol. The second-order valence-electron chi connectivity index (χ2n) is 3.69. The molecule has 1 aromatic heterocycles. The highest BCUT2D eigenvalue weighted by Crippen LogP contribution is 2.22. The van der Waals surface area contributed by atoms with Gasteiger partial charge < -0.3 is 5.11 Å². The molecule has 0 bridgehead atoms. The molecule has 2 N–H and O–H groups in total. The lowest BCUT2D eigenvalue weighted by Gasteiger charge is -2.12. The van der Waals surface area contributed by atoms with E-state index in [4.69, 9.17) is 10.4 Å². The van der Waals surface area contributed by atoms with Crippen molar-refractivity contribution in [3.05, 3.63) is 42.2 Å². The highest BCUT2D eigenvalue weighted by Gasteiger charge is 2.12. The average molecular weight is 227 g/mol. The molecule has 0 fully saturated rings. The summed E-state index contributed by atoms with van der Waals surface area (Å²) in [5.74, 6) is 0. The molecule has 4 nitrogen and oxygen atoms in total. The van der Waals surface area contributed by atoms with Crippen LogP contribution >= 0.6 is 0 Å². The van der Waals surface area contributed by atoms with Gasteiger partial charge in [-0.25, -0.2) is 0 Å². The highest BCUT2D eigenvalue weighted by molar-refractivity contribution is 5.85. The van der Waals surface area contributed by atoms with Crippen molar-refractivity contribution < 1.29 is 5.11 Å². The number of aromatic nitrogens is 1. The van der Waals surface area contributed by atoms with Crippen molar-refractivity contribution in [2.24, 2.45) is 0 Å². The van der Waals surface area contributed by atoms with Crippen molar-refractivity contribution in [2.75, 3.05) is 13.2 Å². The minimum atomic E-state index is -0.444.